The zero-order valence-electron chi connectivity index (χ0n) is 16.3. The molecule has 3 amide bonds. The van der Waals surface area contributed by atoms with E-state index >= 15 is 0 Å². The van der Waals surface area contributed by atoms with Crippen LogP contribution in [0.5, 0.6) is 5.75 Å². The van der Waals surface area contributed by atoms with E-state index in [0.29, 0.717) is 58.4 Å². The second kappa shape index (κ2) is 8.17. The Kier molecular flexibility index (Phi) is 5.89. The van der Waals surface area contributed by atoms with Crippen LogP contribution in [0.1, 0.15) is 31.2 Å². The van der Waals surface area contributed by atoms with Gasteiger partial charge in [-0.05, 0) is 19.0 Å². The van der Waals surface area contributed by atoms with Crippen molar-refractivity contribution in [2.45, 2.75) is 37.8 Å². The molecule has 7 heteroatoms. The van der Waals surface area contributed by atoms with E-state index in [1.165, 1.54) is 0 Å². The summed E-state index contributed by atoms with van der Waals surface area (Å²) in [5.41, 5.74) is 6.16. The molecule has 0 aromatic heterocycles. The Morgan fingerprint density at radius 1 is 1.19 bits per heavy atom. The van der Waals surface area contributed by atoms with Crippen molar-refractivity contribution < 1.29 is 14.3 Å². The molecule has 1 spiro atoms. The van der Waals surface area contributed by atoms with Gasteiger partial charge in [0.05, 0.1) is 6.54 Å². The Morgan fingerprint density at radius 3 is 2.56 bits per heavy atom. The third-order valence-corrected chi connectivity index (χ3v) is 5.41. The third-order valence-electron chi connectivity index (χ3n) is 5.41. The molecule has 1 aromatic rings. The normalized spacial score (nSPS) is 18.5. The number of nitrogens with zero attached hydrogens (tertiary/aromatic N) is 3. The zero-order valence-corrected chi connectivity index (χ0v) is 16.3. The molecule has 0 bridgehead atoms. The van der Waals surface area contributed by atoms with Crippen LogP contribution >= 0.6 is 0 Å². The number of likely N-dealkylation sites (tertiary alicyclic amines) is 1. The van der Waals surface area contributed by atoms with Crippen molar-refractivity contribution in [3.63, 3.8) is 0 Å². The monoisotopic (exact) mass is 374 g/mol. The minimum Gasteiger partial charge on any atom is -0.485 e. The maximum Gasteiger partial charge on any atom is 0.319 e. The first-order valence-corrected chi connectivity index (χ1v) is 9.65. The molecule has 0 unspecified atom stereocenters. The lowest BCUT2D eigenvalue weighted by Crippen LogP contribution is -2.56. The second-order valence-electron chi connectivity index (χ2n) is 7.70. The van der Waals surface area contributed by atoms with Crippen molar-refractivity contribution >= 4 is 11.9 Å². The Bertz CT molecular complexity index is 684. The molecule has 0 atom stereocenters. The molecule has 2 aliphatic heterocycles. The summed E-state index contributed by atoms with van der Waals surface area (Å²) in [7, 11) is 3.53. The summed E-state index contributed by atoms with van der Waals surface area (Å²) in [4.78, 5) is 30.4. The van der Waals surface area contributed by atoms with Crippen LogP contribution in [-0.4, -0.2) is 72.5 Å². The first kappa shape index (κ1) is 19.5. The van der Waals surface area contributed by atoms with Gasteiger partial charge in [0, 0.05) is 58.6 Å². The topological polar surface area (TPSA) is 79.1 Å². The van der Waals surface area contributed by atoms with Crippen molar-refractivity contribution in [1.29, 1.82) is 0 Å². The molecule has 0 saturated carbocycles. The highest BCUT2D eigenvalue weighted by Gasteiger charge is 2.42. The van der Waals surface area contributed by atoms with Crippen molar-refractivity contribution in [3.8, 4) is 5.75 Å². The SMILES string of the molecule is CN(C)C(=O)N1CCC2(CC1)CN(C(=O)CCCN)Cc1ccccc1O2. The number of urea groups is 1. The van der Waals surface area contributed by atoms with Gasteiger partial charge in [0.2, 0.25) is 5.91 Å². The minimum atomic E-state index is -0.450. The van der Waals surface area contributed by atoms with Gasteiger partial charge in [-0.15, -0.1) is 0 Å². The Hall–Kier alpha value is -2.28. The van der Waals surface area contributed by atoms with E-state index in [1.807, 2.05) is 34.1 Å². The highest BCUT2D eigenvalue weighted by molar-refractivity contribution is 5.76. The summed E-state index contributed by atoms with van der Waals surface area (Å²) in [5, 5.41) is 0. The summed E-state index contributed by atoms with van der Waals surface area (Å²) in [6, 6.07) is 7.95. The van der Waals surface area contributed by atoms with Gasteiger partial charge in [0.1, 0.15) is 11.4 Å². The molecule has 148 valence electrons. The highest BCUT2D eigenvalue weighted by Crippen LogP contribution is 2.36. The van der Waals surface area contributed by atoms with Gasteiger partial charge in [-0.2, -0.15) is 0 Å². The van der Waals surface area contributed by atoms with Gasteiger partial charge >= 0.3 is 6.03 Å². The van der Waals surface area contributed by atoms with Crippen LogP contribution in [0.2, 0.25) is 0 Å². The first-order chi connectivity index (χ1) is 12.9. The molecule has 2 aliphatic rings. The molecular formula is C20H30N4O3. The summed E-state index contributed by atoms with van der Waals surface area (Å²) in [6.45, 7) is 2.88. The number of rotatable bonds is 3. The van der Waals surface area contributed by atoms with Crippen LogP contribution in [0.25, 0.3) is 0 Å². The number of benzene rings is 1. The highest BCUT2D eigenvalue weighted by atomic mass is 16.5. The Morgan fingerprint density at radius 2 is 1.89 bits per heavy atom. The van der Waals surface area contributed by atoms with Gasteiger partial charge in [0.25, 0.3) is 0 Å². The number of carbonyl (C=O) groups excluding carboxylic acids is 2. The maximum absolute atomic E-state index is 12.8. The molecule has 7 nitrogen and oxygen atoms in total. The summed E-state index contributed by atoms with van der Waals surface area (Å²) >= 11 is 0. The second-order valence-corrected chi connectivity index (χ2v) is 7.70. The zero-order chi connectivity index (χ0) is 19.4. The number of nitrogens with two attached hydrogens (primary N) is 1. The molecule has 1 saturated heterocycles. The van der Waals surface area contributed by atoms with Crippen LogP contribution in [0.15, 0.2) is 24.3 Å². The number of hydrogen-bond donors (Lipinski definition) is 1. The van der Waals surface area contributed by atoms with E-state index in [-0.39, 0.29) is 11.9 Å². The van der Waals surface area contributed by atoms with Crippen LogP contribution in [-0.2, 0) is 11.3 Å². The van der Waals surface area contributed by atoms with E-state index in [9.17, 15) is 9.59 Å². The summed E-state index contributed by atoms with van der Waals surface area (Å²) in [5.74, 6) is 0.964. The van der Waals surface area contributed by atoms with Gasteiger partial charge in [-0.25, -0.2) is 4.79 Å². The van der Waals surface area contributed by atoms with Crippen molar-refractivity contribution in [1.82, 2.24) is 14.7 Å². The van der Waals surface area contributed by atoms with Crippen LogP contribution < -0.4 is 10.5 Å². The minimum absolute atomic E-state index is 0.0229. The fraction of sp³-hybridized carbons (Fsp3) is 0.600. The molecule has 0 radical (unpaired) electrons. The molecule has 1 fully saturated rings. The predicted octanol–water partition coefficient (Wildman–Crippen LogP) is 1.66. The lowest BCUT2D eigenvalue weighted by Gasteiger charge is -2.43. The number of carbonyl (C=O) groups is 2. The van der Waals surface area contributed by atoms with E-state index < -0.39 is 5.60 Å². The lowest BCUT2D eigenvalue weighted by molar-refractivity contribution is -0.135. The quantitative estimate of drug-likeness (QED) is 0.873. The van der Waals surface area contributed by atoms with E-state index in [2.05, 4.69) is 0 Å². The lowest BCUT2D eigenvalue weighted by atomic mass is 9.90. The first-order valence-electron chi connectivity index (χ1n) is 9.65. The molecule has 2 N–H and O–H groups in total. The average Bonchev–Trinajstić information content (AvgIpc) is 2.82. The third kappa shape index (κ3) is 4.35. The maximum atomic E-state index is 12.8. The smallest absolute Gasteiger partial charge is 0.319 e. The van der Waals surface area contributed by atoms with Gasteiger partial charge in [0.15, 0.2) is 0 Å². The number of ether oxygens (including phenoxy) is 1. The Labute approximate surface area is 161 Å². The molecule has 27 heavy (non-hydrogen) atoms. The predicted molar refractivity (Wildman–Crippen MR) is 103 cm³/mol. The molecule has 1 aromatic carbocycles. The number of piperidine rings is 1. The molecule has 2 heterocycles. The molecule has 0 aliphatic carbocycles. The molecule has 3 rings (SSSR count). The largest absolute Gasteiger partial charge is 0.485 e. The van der Waals surface area contributed by atoms with E-state index in [1.54, 1.807) is 19.0 Å². The Balaban J connectivity index is 1.80. The van der Waals surface area contributed by atoms with Crippen molar-refractivity contribution in [2.75, 3.05) is 40.3 Å². The van der Waals surface area contributed by atoms with Gasteiger partial charge in [-0.3, -0.25) is 4.79 Å². The van der Waals surface area contributed by atoms with E-state index in [0.717, 1.165) is 11.3 Å². The molecular weight excluding hydrogens is 344 g/mol. The fourth-order valence-corrected chi connectivity index (χ4v) is 3.85. The van der Waals surface area contributed by atoms with E-state index in [4.69, 9.17) is 10.5 Å². The fourth-order valence-electron chi connectivity index (χ4n) is 3.85. The standard InChI is InChI=1S/C20H30N4O3/c1-22(2)19(26)23-12-9-20(10-13-23)15-24(18(25)8-5-11-21)14-16-6-3-4-7-17(16)27-20/h3-4,6-7H,5,8-15,21H2,1-2H3. The van der Waals surface area contributed by atoms with Crippen LogP contribution in [0.3, 0.4) is 0 Å². The van der Waals surface area contributed by atoms with Gasteiger partial charge < -0.3 is 25.2 Å². The average molecular weight is 374 g/mol. The number of hydrogen-bond acceptors (Lipinski definition) is 4. The van der Waals surface area contributed by atoms with Crippen molar-refractivity contribution in [3.05, 3.63) is 29.8 Å². The summed E-state index contributed by atoms with van der Waals surface area (Å²) in [6.07, 6.45) is 2.57. The van der Waals surface area contributed by atoms with Crippen LogP contribution in [0, 0.1) is 0 Å². The van der Waals surface area contributed by atoms with Crippen molar-refractivity contribution in [2.24, 2.45) is 5.73 Å². The number of para-hydroxylation sites is 1. The number of fused-ring (bicyclic) bond motifs is 1. The van der Waals surface area contributed by atoms with Crippen LogP contribution in [0.4, 0.5) is 4.79 Å². The number of amides is 3. The van der Waals surface area contributed by atoms with Gasteiger partial charge in [-0.1, -0.05) is 18.2 Å². The summed E-state index contributed by atoms with van der Waals surface area (Å²) < 4.78 is 6.49.